The predicted molar refractivity (Wildman–Crippen MR) is 42.8 cm³/mol. The molecule has 10 heavy (non-hydrogen) atoms. The highest BCUT2D eigenvalue weighted by Crippen LogP contribution is 2.29. The zero-order valence-electron chi connectivity index (χ0n) is 6.84. The van der Waals surface area contributed by atoms with Crippen LogP contribution >= 0.6 is 0 Å². The van der Waals surface area contributed by atoms with Crippen LogP contribution in [0.25, 0.3) is 0 Å². The van der Waals surface area contributed by atoms with Crippen molar-refractivity contribution in [2.45, 2.75) is 39.0 Å². The normalized spacial score (nSPS) is 24.6. The summed E-state index contributed by atoms with van der Waals surface area (Å²) in [6.07, 6.45) is 6.88. The molecule has 0 aromatic heterocycles. The Morgan fingerprint density at radius 2 is 1.90 bits per heavy atom. The zero-order chi connectivity index (χ0) is 7.40. The summed E-state index contributed by atoms with van der Waals surface area (Å²) in [5.74, 6) is 1.36. The molecule has 0 heterocycles. The molecule has 0 saturated heterocycles. The van der Waals surface area contributed by atoms with E-state index in [1.807, 2.05) is 0 Å². The maximum atomic E-state index is 8.89. The second-order valence-corrected chi connectivity index (χ2v) is 3.56. The van der Waals surface area contributed by atoms with Crippen LogP contribution in [-0.4, -0.2) is 11.7 Å². The Morgan fingerprint density at radius 1 is 1.30 bits per heavy atom. The van der Waals surface area contributed by atoms with Gasteiger partial charge in [0, 0.05) is 6.61 Å². The van der Waals surface area contributed by atoms with Crippen LogP contribution in [-0.2, 0) is 0 Å². The van der Waals surface area contributed by atoms with Gasteiger partial charge in [-0.3, -0.25) is 0 Å². The van der Waals surface area contributed by atoms with Crippen molar-refractivity contribution in [3.05, 3.63) is 0 Å². The molecule has 1 rings (SSSR count). The summed E-state index contributed by atoms with van der Waals surface area (Å²) < 4.78 is 0. The summed E-state index contributed by atoms with van der Waals surface area (Å²) in [6, 6.07) is 0. The van der Waals surface area contributed by atoms with Gasteiger partial charge in [0.25, 0.3) is 0 Å². The van der Waals surface area contributed by atoms with E-state index < -0.39 is 0 Å². The minimum Gasteiger partial charge on any atom is -0.396 e. The van der Waals surface area contributed by atoms with Gasteiger partial charge in [0.1, 0.15) is 0 Å². The highest BCUT2D eigenvalue weighted by molar-refractivity contribution is 4.70. The lowest BCUT2D eigenvalue weighted by atomic mass is 9.81. The topological polar surface area (TPSA) is 20.2 Å². The van der Waals surface area contributed by atoms with E-state index in [1.165, 1.54) is 32.1 Å². The highest BCUT2D eigenvalue weighted by Gasteiger charge is 2.18. The molecule has 0 spiro atoms. The number of aliphatic hydroxyl groups excluding tert-OH is 1. The van der Waals surface area contributed by atoms with Gasteiger partial charge in [-0.15, -0.1) is 0 Å². The fourth-order valence-electron chi connectivity index (χ4n) is 1.85. The molecule has 1 atom stereocenters. The minimum atomic E-state index is 0.380. The number of aliphatic hydroxyl groups is 1. The first-order chi connectivity index (χ1) is 4.84. The van der Waals surface area contributed by atoms with Crippen molar-refractivity contribution in [1.82, 2.24) is 0 Å². The largest absolute Gasteiger partial charge is 0.396 e. The number of hydrogen-bond donors (Lipinski definition) is 1. The van der Waals surface area contributed by atoms with E-state index in [0.717, 1.165) is 5.92 Å². The van der Waals surface area contributed by atoms with E-state index >= 15 is 0 Å². The lowest BCUT2D eigenvalue weighted by Crippen LogP contribution is -2.17. The van der Waals surface area contributed by atoms with Crippen LogP contribution in [0.1, 0.15) is 39.0 Å². The highest BCUT2D eigenvalue weighted by atomic mass is 16.3. The van der Waals surface area contributed by atoms with Crippen LogP contribution in [0.5, 0.6) is 0 Å². The molecule has 1 aliphatic carbocycles. The van der Waals surface area contributed by atoms with Crippen molar-refractivity contribution in [1.29, 1.82) is 0 Å². The maximum Gasteiger partial charge on any atom is 0.0459 e. The van der Waals surface area contributed by atoms with E-state index in [9.17, 15) is 0 Å². The zero-order valence-corrected chi connectivity index (χ0v) is 6.84. The van der Waals surface area contributed by atoms with Gasteiger partial charge < -0.3 is 5.11 Å². The van der Waals surface area contributed by atoms with Crippen LogP contribution < -0.4 is 0 Å². The summed E-state index contributed by atoms with van der Waals surface area (Å²) in [5.41, 5.74) is 0. The SMILES string of the molecule is C[C@@H](CO)C1CCCCC1. The van der Waals surface area contributed by atoms with Crippen LogP contribution in [0.2, 0.25) is 0 Å². The van der Waals surface area contributed by atoms with Crippen molar-refractivity contribution in [2.75, 3.05) is 6.61 Å². The number of rotatable bonds is 2. The first kappa shape index (κ1) is 8.06. The van der Waals surface area contributed by atoms with Gasteiger partial charge in [0.05, 0.1) is 0 Å². The van der Waals surface area contributed by atoms with Crippen molar-refractivity contribution in [3.8, 4) is 0 Å². The third-order valence-electron chi connectivity index (χ3n) is 2.74. The molecule has 0 unspecified atom stereocenters. The summed E-state index contributed by atoms with van der Waals surface area (Å²) >= 11 is 0. The van der Waals surface area contributed by atoms with Gasteiger partial charge in [-0.2, -0.15) is 0 Å². The molecule has 1 heteroatoms. The second kappa shape index (κ2) is 3.97. The summed E-state index contributed by atoms with van der Waals surface area (Å²) in [4.78, 5) is 0. The average molecular weight is 142 g/mol. The minimum absolute atomic E-state index is 0.380. The van der Waals surface area contributed by atoms with Crippen LogP contribution in [0.15, 0.2) is 0 Å². The Morgan fingerprint density at radius 3 is 2.40 bits per heavy atom. The van der Waals surface area contributed by atoms with Gasteiger partial charge in [-0.05, 0) is 11.8 Å². The predicted octanol–water partition coefficient (Wildman–Crippen LogP) is 2.20. The molecule has 1 saturated carbocycles. The molecule has 60 valence electrons. The molecule has 1 fully saturated rings. The van der Waals surface area contributed by atoms with Gasteiger partial charge in [0.15, 0.2) is 0 Å². The van der Waals surface area contributed by atoms with E-state index in [-0.39, 0.29) is 0 Å². The molecule has 0 aromatic rings. The van der Waals surface area contributed by atoms with Crippen molar-refractivity contribution in [2.24, 2.45) is 11.8 Å². The number of hydrogen-bond acceptors (Lipinski definition) is 1. The van der Waals surface area contributed by atoms with Crippen molar-refractivity contribution >= 4 is 0 Å². The van der Waals surface area contributed by atoms with Crippen molar-refractivity contribution in [3.63, 3.8) is 0 Å². The van der Waals surface area contributed by atoms with Gasteiger partial charge in [-0.1, -0.05) is 39.0 Å². The Hall–Kier alpha value is -0.0400. The molecule has 0 bridgehead atoms. The fraction of sp³-hybridized carbons (Fsp3) is 1.00. The monoisotopic (exact) mass is 142 g/mol. The van der Waals surface area contributed by atoms with Gasteiger partial charge >= 0.3 is 0 Å². The van der Waals surface area contributed by atoms with Crippen LogP contribution in [0.3, 0.4) is 0 Å². The Balaban J connectivity index is 2.24. The third-order valence-corrected chi connectivity index (χ3v) is 2.74. The Bertz CT molecular complexity index is 84.7. The molecule has 0 aromatic carbocycles. The molecular formula is C9H18O. The summed E-state index contributed by atoms with van der Waals surface area (Å²) in [7, 11) is 0. The molecule has 1 N–H and O–H groups in total. The molecular weight excluding hydrogens is 124 g/mol. The van der Waals surface area contributed by atoms with E-state index in [0.29, 0.717) is 12.5 Å². The smallest absolute Gasteiger partial charge is 0.0459 e. The standard InChI is InChI=1S/C9H18O/c1-8(7-10)9-5-3-2-4-6-9/h8-10H,2-7H2,1H3/t8-/m0/s1. The van der Waals surface area contributed by atoms with E-state index in [4.69, 9.17) is 5.11 Å². The van der Waals surface area contributed by atoms with Crippen LogP contribution in [0.4, 0.5) is 0 Å². The molecule has 0 radical (unpaired) electrons. The molecule has 0 amide bonds. The Labute approximate surface area is 63.4 Å². The summed E-state index contributed by atoms with van der Waals surface area (Å²) in [6.45, 7) is 2.54. The molecule has 1 nitrogen and oxygen atoms in total. The molecule has 1 aliphatic rings. The lowest BCUT2D eigenvalue weighted by molar-refractivity contribution is 0.160. The maximum absolute atomic E-state index is 8.89. The lowest BCUT2D eigenvalue weighted by Gasteiger charge is -2.25. The average Bonchev–Trinajstić information content (AvgIpc) is 2.05. The van der Waals surface area contributed by atoms with Gasteiger partial charge in [0.2, 0.25) is 0 Å². The summed E-state index contributed by atoms with van der Waals surface area (Å²) in [5, 5.41) is 8.89. The fourth-order valence-corrected chi connectivity index (χ4v) is 1.85. The third kappa shape index (κ3) is 1.98. The van der Waals surface area contributed by atoms with Crippen LogP contribution in [0, 0.1) is 11.8 Å². The van der Waals surface area contributed by atoms with Gasteiger partial charge in [-0.25, -0.2) is 0 Å². The second-order valence-electron chi connectivity index (χ2n) is 3.56. The Kier molecular flexibility index (Phi) is 3.20. The van der Waals surface area contributed by atoms with E-state index in [1.54, 1.807) is 0 Å². The molecule has 0 aliphatic heterocycles. The van der Waals surface area contributed by atoms with Crippen molar-refractivity contribution < 1.29 is 5.11 Å². The first-order valence-electron chi connectivity index (χ1n) is 4.45. The quantitative estimate of drug-likeness (QED) is 0.626. The first-order valence-corrected chi connectivity index (χ1v) is 4.45. The van der Waals surface area contributed by atoms with E-state index in [2.05, 4.69) is 6.92 Å².